The van der Waals surface area contributed by atoms with Crippen LogP contribution in [0, 0.1) is 6.92 Å². The highest BCUT2D eigenvalue weighted by Crippen LogP contribution is 2.22. The molecule has 0 aliphatic rings. The van der Waals surface area contributed by atoms with E-state index in [0.717, 1.165) is 16.6 Å². The van der Waals surface area contributed by atoms with Crippen molar-refractivity contribution in [3.8, 4) is 0 Å². The molecular formula is C13H10N2. The molecule has 0 spiro atoms. The first-order chi connectivity index (χ1) is 7.34. The summed E-state index contributed by atoms with van der Waals surface area (Å²) in [5, 5.41) is 3.48. The van der Waals surface area contributed by atoms with E-state index >= 15 is 0 Å². The first-order valence-corrected chi connectivity index (χ1v) is 4.95. The lowest BCUT2D eigenvalue weighted by Crippen LogP contribution is -1.85. The van der Waals surface area contributed by atoms with Crippen molar-refractivity contribution in [3.63, 3.8) is 0 Å². The molecule has 2 heteroatoms. The molecule has 3 aromatic rings. The zero-order chi connectivity index (χ0) is 10.3. The zero-order valence-corrected chi connectivity index (χ0v) is 8.44. The number of aryl methyl sites for hydroxylation is 1. The van der Waals surface area contributed by atoms with Crippen LogP contribution in [0.3, 0.4) is 0 Å². The average molecular weight is 194 g/mol. The van der Waals surface area contributed by atoms with Gasteiger partial charge in [0.15, 0.2) is 0 Å². The maximum atomic E-state index is 4.56. The second-order valence-corrected chi connectivity index (χ2v) is 3.69. The molecule has 0 aliphatic carbocycles. The van der Waals surface area contributed by atoms with Crippen molar-refractivity contribution in [2.45, 2.75) is 6.92 Å². The molecule has 0 amide bonds. The number of pyridine rings is 2. The number of nitrogens with zero attached hydrogens (tertiary/aromatic N) is 2. The molecular weight excluding hydrogens is 184 g/mol. The number of fused-ring (bicyclic) bond motifs is 3. The molecule has 2 nitrogen and oxygen atoms in total. The fraction of sp³-hybridized carbons (Fsp3) is 0.0769. The number of rotatable bonds is 0. The van der Waals surface area contributed by atoms with Crippen LogP contribution in [0.1, 0.15) is 5.69 Å². The van der Waals surface area contributed by atoms with Gasteiger partial charge in [-0.15, -0.1) is 0 Å². The molecule has 0 bridgehead atoms. The SMILES string of the molecule is Cc1ccc2ccc3ccncc3c2n1. The summed E-state index contributed by atoms with van der Waals surface area (Å²) in [6.07, 6.45) is 3.69. The van der Waals surface area contributed by atoms with Crippen molar-refractivity contribution in [1.29, 1.82) is 0 Å². The van der Waals surface area contributed by atoms with Crippen LogP contribution in [-0.2, 0) is 0 Å². The van der Waals surface area contributed by atoms with E-state index in [0.29, 0.717) is 0 Å². The van der Waals surface area contributed by atoms with Gasteiger partial charge in [0.2, 0.25) is 0 Å². The van der Waals surface area contributed by atoms with Crippen LogP contribution in [-0.4, -0.2) is 9.97 Å². The highest BCUT2D eigenvalue weighted by atomic mass is 14.7. The van der Waals surface area contributed by atoms with Gasteiger partial charge in [0.1, 0.15) is 0 Å². The second-order valence-electron chi connectivity index (χ2n) is 3.69. The normalized spacial score (nSPS) is 11.0. The van der Waals surface area contributed by atoms with Crippen LogP contribution >= 0.6 is 0 Å². The Balaban J connectivity index is 2.57. The molecule has 0 radical (unpaired) electrons. The molecule has 0 saturated carbocycles. The number of hydrogen-bond acceptors (Lipinski definition) is 2. The lowest BCUT2D eigenvalue weighted by Gasteiger charge is -2.02. The minimum absolute atomic E-state index is 1.04. The van der Waals surface area contributed by atoms with E-state index in [1.54, 1.807) is 0 Å². The van der Waals surface area contributed by atoms with Crippen molar-refractivity contribution in [2.24, 2.45) is 0 Å². The maximum absolute atomic E-state index is 4.56. The molecule has 0 unspecified atom stereocenters. The first kappa shape index (κ1) is 8.36. The number of aromatic nitrogens is 2. The van der Waals surface area contributed by atoms with Gasteiger partial charge in [-0.1, -0.05) is 18.2 Å². The van der Waals surface area contributed by atoms with Crippen molar-refractivity contribution >= 4 is 21.7 Å². The Bertz CT molecular complexity index is 644. The predicted octanol–water partition coefficient (Wildman–Crippen LogP) is 3.09. The van der Waals surface area contributed by atoms with E-state index in [9.17, 15) is 0 Å². The Morgan fingerprint density at radius 3 is 2.67 bits per heavy atom. The smallest absolute Gasteiger partial charge is 0.0798 e. The summed E-state index contributed by atoms with van der Waals surface area (Å²) < 4.78 is 0. The lowest BCUT2D eigenvalue weighted by atomic mass is 10.1. The number of benzene rings is 1. The van der Waals surface area contributed by atoms with Crippen LogP contribution in [0.5, 0.6) is 0 Å². The van der Waals surface area contributed by atoms with Crippen LogP contribution in [0.4, 0.5) is 0 Å². The Morgan fingerprint density at radius 2 is 1.73 bits per heavy atom. The van der Waals surface area contributed by atoms with Gasteiger partial charge < -0.3 is 0 Å². The molecule has 0 atom stereocenters. The van der Waals surface area contributed by atoms with Gasteiger partial charge in [0.05, 0.1) is 5.52 Å². The topological polar surface area (TPSA) is 25.8 Å². The minimum atomic E-state index is 1.04. The summed E-state index contributed by atoms with van der Waals surface area (Å²) in [7, 11) is 0. The summed E-state index contributed by atoms with van der Waals surface area (Å²) >= 11 is 0. The van der Waals surface area contributed by atoms with E-state index in [1.807, 2.05) is 31.5 Å². The van der Waals surface area contributed by atoms with Crippen molar-refractivity contribution in [1.82, 2.24) is 9.97 Å². The van der Waals surface area contributed by atoms with E-state index in [2.05, 4.69) is 28.2 Å². The summed E-state index contributed by atoms with van der Waals surface area (Å²) in [6.45, 7) is 2.01. The quantitative estimate of drug-likeness (QED) is 0.514. The highest BCUT2D eigenvalue weighted by Gasteiger charge is 2.01. The van der Waals surface area contributed by atoms with Crippen LogP contribution in [0.2, 0.25) is 0 Å². The molecule has 15 heavy (non-hydrogen) atoms. The summed E-state index contributed by atoms with van der Waals surface area (Å²) in [5.74, 6) is 0. The molecule has 1 aromatic carbocycles. The Kier molecular flexibility index (Phi) is 1.68. The molecule has 3 rings (SSSR count). The molecule has 2 aromatic heterocycles. The minimum Gasteiger partial charge on any atom is -0.264 e. The summed E-state index contributed by atoms with van der Waals surface area (Å²) in [6, 6.07) is 10.4. The van der Waals surface area contributed by atoms with Crippen LogP contribution in [0.25, 0.3) is 21.7 Å². The second kappa shape index (κ2) is 3.02. The number of hydrogen-bond donors (Lipinski definition) is 0. The summed E-state index contributed by atoms with van der Waals surface area (Å²) in [4.78, 5) is 8.72. The first-order valence-electron chi connectivity index (χ1n) is 4.95. The monoisotopic (exact) mass is 194 g/mol. The maximum Gasteiger partial charge on any atom is 0.0798 e. The van der Waals surface area contributed by atoms with Gasteiger partial charge >= 0.3 is 0 Å². The molecule has 0 aliphatic heterocycles. The Hall–Kier alpha value is -1.96. The van der Waals surface area contributed by atoms with Crippen molar-refractivity contribution in [3.05, 3.63) is 48.4 Å². The van der Waals surface area contributed by atoms with Crippen LogP contribution < -0.4 is 0 Å². The average Bonchev–Trinajstić information content (AvgIpc) is 2.29. The highest BCUT2D eigenvalue weighted by molar-refractivity contribution is 6.04. The van der Waals surface area contributed by atoms with Crippen LogP contribution in [0.15, 0.2) is 42.7 Å². The van der Waals surface area contributed by atoms with Gasteiger partial charge in [-0.2, -0.15) is 0 Å². The molecule has 2 heterocycles. The van der Waals surface area contributed by atoms with Gasteiger partial charge in [-0.3, -0.25) is 9.97 Å². The van der Waals surface area contributed by atoms with Crippen molar-refractivity contribution in [2.75, 3.05) is 0 Å². The van der Waals surface area contributed by atoms with E-state index in [4.69, 9.17) is 0 Å². The fourth-order valence-electron chi connectivity index (χ4n) is 1.85. The third kappa shape index (κ3) is 1.26. The summed E-state index contributed by atoms with van der Waals surface area (Å²) in [5.41, 5.74) is 2.08. The van der Waals surface area contributed by atoms with E-state index in [-0.39, 0.29) is 0 Å². The Labute approximate surface area is 87.6 Å². The van der Waals surface area contributed by atoms with Gasteiger partial charge in [0, 0.05) is 28.9 Å². The largest absolute Gasteiger partial charge is 0.264 e. The van der Waals surface area contributed by atoms with Gasteiger partial charge in [0.25, 0.3) is 0 Å². The Morgan fingerprint density at radius 1 is 0.933 bits per heavy atom. The fourth-order valence-corrected chi connectivity index (χ4v) is 1.85. The van der Waals surface area contributed by atoms with Gasteiger partial charge in [-0.25, -0.2) is 0 Å². The predicted molar refractivity (Wildman–Crippen MR) is 61.8 cm³/mol. The van der Waals surface area contributed by atoms with Crippen molar-refractivity contribution < 1.29 is 0 Å². The van der Waals surface area contributed by atoms with E-state index < -0.39 is 0 Å². The standard InChI is InChI=1S/C13H10N2/c1-9-2-3-11-5-4-10-6-7-14-8-12(10)13(11)15-9/h2-8H,1H3. The molecule has 0 N–H and O–H groups in total. The van der Waals surface area contributed by atoms with E-state index in [1.165, 1.54) is 10.8 Å². The lowest BCUT2D eigenvalue weighted by molar-refractivity contribution is 1.26. The molecule has 72 valence electrons. The zero-order valence-electron chi connectivity index (χ0n) is 8.44. The van der Waals surface area contributed by atoms with Gasteiger partial charge in [-0.05, 0) is 24.4 Å². The third-order valence-electron chi connectivity index (χ3n) is 2.62. The molecule has 0 fully saturated rings. The molecule has 0 saturated heterocycles. The third-order valence-corrected chi connectivity index (χ3v) is 2.62.